The molecule has 0 radical (unpaired) electrons. The Balaban J connectivity index is 1.54. The molecule has 0 aliphatic carbocycles. The van der Waals surface area contributed by atoms with Crippen molar-refractivity contribution in [1.82, 2.24) is 14.5 Å². The summed E-state index contributed by atoms with van der Waals surface area (Å²) in [6.45, 7) is 1.84. The van der Waals surface area contributed by atoms with Crippen LogP contribution in [-0.2, 0) is 9.53 Å². The molecule has 1 atom stereocenters. The van der Waals surface area contributed by atoms with Crippen LogP contribution in [0.25, 0.3) is 11.8 Å². The topological polar surface area (TPSA) is 99.6 Å². The molecule has 0 N–H and O–H groups in total. The van der Waals surface area contributed by atoms with Gasteiger partial charge in [0.25, 0.3) is 5.56 Å². The van der Waals surface area contributed by atoms with Gasteiger partial charge in [0.2, 0.25) is 0 Å². The number of carbonyl (C=O) groups is 1. The van der Waals surface area contributed by atoms with Gasteiger partial charge in [0.15, 0.2) is 15.1 Å². The number of halogens is 2. The molecular formula is C30H20BrFN4O4S2. The first kappa shape index (κ1) is 28.0. The van der Waals surface area contributed by atoms with E-state index in [4.69, 9.17) is 14.1 Å². The van der Waals surface area contributed by atoms with E-state index in [2.05, 4.69) is 25.9 Å². The number of rotatable bonds is 7. The molecule has 210 valence electrons. The number of nitrogens with zero attached hydrogens (tertiary/aromatic N) is 4. The first-order chi connectivity index (χ1) is 20.4. The molecular weight excluding hydrogens is 643 g/mol. The van der Waals surface area contributed by atoms with Crippen LogP contribution < -0.4 is 14.9 Å². The minimum Gasteiger partial charge on any atom is -0.463 e. The fraction of sp³-hybridized carbons (Fsp3) is 0.100. The second-order valence-corrected chi connectivity index (χ2v) is 11.7. The Hall–Kier alpha value is -4.13. The molecule has 0 saturated carbocycles. The highest BCUT2D eigenvalue weighted by atomic mass is 79.9. The zero-order valence-electron chi connectivity index (χ0n) is 21.9. The van der Waals surface area contributed by atoms with Gasteiger partial charge in [-0.15, -0.1) is 0 Å². The summed E-state index contributed by atoms with van der Waals surface area (Å²) in [7, 11) is 0. The van der Waals surface area contributed by atoms with Crippen molar-refractivity contribution in [2.24, 2.45) is 4.99 Å². The van der Waals surface area contributed by atoms with Crippen LogP contribution in [0, 0.1) is 5.82 Å². The van der Waals surface area contributed by atoms with Crippen molar-refractivity contribution >= 4 is 56.8 Å². The Bertz CT molecular complexity index is 1990. The minimum absolute atomic E-state index is 0.132. The molecule has 12 heteroatoms. The van der Waals surface area contributed by atoms with E-state index in [1.54, 1.807) is 49.7 Å². The lowest BCUT2D eigenvalue weighted by atomic mass is 9.93. The number of hydrogen-bond acceptors (Lipinski definition) is 9. The Labute approximate surface area is 255 Å². The van der Waals surface area contributed by atoms with Gasteiger partial charge in [-0.3, -0.25) is 9.36 Å². The van der Waals surface area contributed by atoms with Crippen molar-refractivity contribution in [2.45, 2.75) is 23.2 Å². The molecule has 0 unspecified atom stereocenters. The lowest BCUT2D eigenvalue weighted by Gasteiger charge is -2.25. The second kappa shape index (κ2) is 12.0. The van der Waals surface area contributed by atoms with Crippen molar-refractivity contribution < 1.29 is 18.3 Å². The lowest BCUT2D eigenvalue weighted by Crippen LogP contribution is -2.40. The maximum Gasteiger partial charge on any atom is 0.338 e. The summed E-state index contributed by atoms with van der Waals surface area (Å²) in [6.07, 6.45) is 4.90. The second-order valence-electron chi connectivity index (χ2n) is 8.90. The third-order valence-electron chi connectivity index (χ3n) is 6.23. The standard InChI is InChI=1S/C30H20BrFN4O4S2/c1-2-39-27(38)23-24(17-7-4-3-5-8-17)35-30-36(25(23)18-9-11-19(32)12-10-18)26(37)22(41-30)16-20-15-21(31)28(40-20)42-29-33-13-6-14-34-29/h3-16,25H,2H2,1H3/b22-16+/t25-/m0/s1. The molecule has 0 spiro atoms. The molecule has 4 heterocycles. The number of hydrogen-bond donors (Lipinski definition) is 0. The van der Waals surface area contributed by atoms with E-state index in [0.717, 1.165) is 11.3 Å². The van der Waals surface area contributed by atoms with E-state index in [0.29, 0.717) is 46.6 Å². The van der Waals surface area contributed by atoms with E-state index in [1.807, 2.05) is 30.3 Å². The Morgan fingerprint density at radius 2 is 1.88 bits per heavy atom. The molecule has 0 saturated heterocycles. The van der Waals surface area contributed by atoms with Gasteiger partial charge in [0.1, 0.15) is 11.6 Å². The van der Waals surface area contributed by atoms with Crippen molar-refractivity contribution in [1.29, 1.82) is 0 Å². The van der Waals surface area contributed by atoms with Crippen LogP contribution in [0.3, 0.4) is 0 Å². The van der Waals surface area contributed by atoms with Gasteiger partial charge in [-0.1, -0.05) is 53.8 Å². The van der Waals surface area contributed by atoms with Gasteiger partial charge < -0.3 is 9.15 Å². The van der Waals surface area contributed by atoms with Gasteiger partial charge in [0, 0.05) is 24.0 Å². The molecule has 5 aromatic rings. The van der Waals surface area contributed by atoms with Crippen molar-refractivity contribution in [3.8, 4) is 0 Å². The maximum atomic E-state index is 14.0. The summed E-state index contributed by atoms with van der Waals surface area (Å²) in [4.78, 5) is 41.0. The molecule has 8 nitrogen and oxygen atoms in total. The first-order valence-electron chi connectivity index (χ1n) is 12.7. The Morgan fingerprint density at radius 3 is 2.60 bits per heavy atom. The summed E-state index contributed by atoms with van der Waals surface area (Å²) in [6, 6.07) is 17.5. The van der Waals surface area contributed by atoms with Gasteiger partial charge >= 0.3 is 5.97 Å². The summed E-state index contributed by atoms with van der Waals surface area (Å²) in [5, 5.41) is 1.04. The molecule has 0 bridgehead atoms. The van der Waals surface area contributed by atoms with Crippen molar-refractivity contribution in [3.05, 3.63) is 132 Å². The summed E-state index contributed by atoms with van der Waals surface area (Å²) in [5.74, 6) is -0.616. The van der Waals surface area contributed by atoms with E-state index in [-0.39, 0.29) is 17.7 Å². The van der Waals surface area contributed by atoms with E-state index >= 15 is 0 Å². The average molecular weight is 664 g/mol. The molecule has 2 aromatic carbocycles. The minimum atomic E-state index is -0.900. The zero-order chi connectivity index (χ0) is 29.2. The number of ether oxygens (including phenoxy) is 1. The summed E-state index contributed by atoms with van der Waals surface area (Å²) >= 11 is 5.91. The van der Waals surface area contributed by atoms with Gasteiger partial charge in [0.05, 0.1) is 32.9 Å². The SMILES string of the molecule is CCOC(=O)C1=C(c2ccccc2)N=c2s/c(=C/c3cc(Br)c(Sc4ncccn4)o3)c(=O)n2[C@H]1c1ccc(F)cc1. The molecule has 0 amide bonds. The third-order valence-corrected chi connectivity index (χ3v) is 8.95. The first-order valence-corrected chi connectivity index (χ1v) is 15.1. The highest BCUT2D eigenvalue weighted by molar-refractivity contribution is 9.10. The third kappa shape index (κ3) is 5.52. The number of carbonyl (C=O) groups excluding carboxylic acids is 1. The van der Waals surface area contributed by atoms with Crippen LogP contribution in [-0.4, -0.2) is 27.1 Å². The molecule has 1 aliphatic rings. The average Bonchev–Trinajstić information content (AvgIpc) is 3.51. The Kier molecular flexibility index (Phi) is 8.00. The number of fused-ring (bicyclic) bond motifs is 1. The predicted molar refractivity (Wildman–Crippen MR) is 160 cm³/mol. The maximum absolute atomic E-state index is 14.0. The molecule has 6 rings (SSSR count). The van der Waals surface area contributed by atoms with Gasteiger partial charge in [-0.25, -0.2) is 24.1 Å². The van der Waals surface area contributed by atoms with Gasteiger partial charge in [-0.05, 0) is 64.4 Å². The van der Waals surface area contributed by atoms with E-state index in [9.17, 15) is 14.0 Å². The van der Waals surface area contributed by atoms with Crippen LogP contribution in [0.4, 0.5) is 4.39 Å². The Morgan fingerprint density at radius 1 is 1.14 bits per heavy atom. The zero-order valence-corrected chi connectivity index (χ0v) is 25.1. The smallest absolute Gasteiger partial charge is 0.338 e. The number of esters is 1. The largest absolute Gasteiger partial charge is 0.463 e. The van der Waals surface area contributed by atoms with Crippen molar-refractivity contribution in [3.63, 3.8) is 0 Å². The van der Waals surface area contributed by atoms with Crippen LogP contribution in [0.1, 0.15) is 29.9 Å². The van der Waals surface area contributed by atoms with Gasteiger partial charge in [-0.2, -0.15) is 0 Å². The monoisotopic (exact) mass is 662 g/mol. The van der Waals surface area contributed by atoms with E-state index < -0.39 is 17.8 Å². The molecule has 0 fully saturated rings. The van der Waals surface area contributed by atoms with Crippen LogP contribution >= 0.6 is 39.0 Å². The highest BCUT2D eigenvalue weighted by Crippen LogP contribution is 2.36. The normalized spacial score (nSPS) is 14.9. The van der Waals surface area contributed by atoms with Crippen molar-refractivity contribution in [2.75, 3.05) is 6.61 Å². The molecule has 3 aromatic heterocycles. The molecule has 42 heavy (non-hydrogen) atoms. The van der Waals surface area contributed by atoms with Crippen LogP contribution in [0.15, 0.2) is 114 Å². The molecule has 1 aliphatic heterocycles. The van der Waals surface area contributed by atoms with E-state index in [1.165, 1.54) is 28.5 Å². The lowest BCUT2D eigenvalue weighted by molar-refractivity contribution is -0.138. The summed E-state index contributed by atoms with van der Waals surface area (Å²) < 4.78 is 27.9. The number of aromatic nitrogens is 3. The number of thiazole rings is 1. The fourth-order valence-electron chi connectivity index (χ4n) is 4.46. The summed E-state index contributed by atoms with van der Waals surface area (Å²) in [5.41, 5.74) is 1.42. The van der Waals surface area contributed by atoms with Crippen LogP contribution in [0.2, 0.25) is 0 Å². The highest BCUT2D eigenvalue weighted by Gasteiger charge is 2.35. The van der Waals surface area contributed by atoms with Crippen LogP contribution in [0.5, 0.6) is 0 Å². The number of furan rings is 1. The fourth-order valence-corrected chi connectivity index (χ4v) is 6.68. The number of benzene rings is 2. The predicted octanol–water partition coefficient (Wildman–Crippen LogP) is 5.37. The quantitative estimate of drug-likeness (QED) is 0.171.